The zero-order chi connectivity index (χ0) is 23.0. The Morgan fingerprint density at radius 1 is 1.13 bits per heavy atom. The molecule has 1 aromatic rings. The van der Waals surface area contributed by atoms with Crippen LogP contribution in [-0.2, 0) is 25.6 Å². The summed E-state index contributed by atoms with van der Waals surface area (Å²) < 4.78 is 0. The minimum absolute atomic E-state index is 0.0675. The highest BCUT2D eigenvalue weighted by Crippen LogP contribution is 2.18. The predicted octanol–water partition coefficient (Wildman–Crippen LogP) is 0.279. The number of nitrogens with zero attached hydrogens (tertiary/aromatic N) is 1. The van der Waals surface area contributed by atoms with Gasteiger partial charge in [-0.3, -0.25) is 14.4 Å². The van der Waals surface area contributed by atoms with Crippen LogP contribution in [0.5, 0.6) is 0 Å². The summed E-state index contributed by atoms with van der Waals surface area (Å²) in [6.07, 6.45) is 1.63. The number of carbonyl (C=O) groups excluding carboxylic acids is 3. The Labute approximate surface area is 182 Å². The third-order valence-corrected chi connectivity index (χ3v) is 5.29. The molecule has 31 heavy (non-hydrogen) atoms. The van der Waals surface area contributed by atoms with Crippen molar-refractivity contribution in [2.75, 3.05) is 13.1 Å². The number of rotatable bonds is 10. The van der Waals surface area contributed by atoms with Gasteiger partial charge in [-0.2, -0.15) is 0 Å². The Balaban J connectivity index is 2.17. The highest BCUT2D eigenvalue weighted by Gasteiger charge is 2.36. The van der Waals surface area contributed by atoms with E-state index in [9.17, 15) is 24.3 Å². The molecule has 1 aliphatic heterocycles. The Morgan fingerprint density at radius 2 is 1.81 bits per heavy atom. The molecule has 0 radical (unpaired) electrons. The fourth-order valence-electron chi connectivity index (χ4n) is 3.75. The van der Waals surface area contributed by atoms with Gasteiger partial charge in [0.2, 0.25) is 17.7 Å². The molecular formula is C22H32N4O5. The van der Waals surface area contributed by atoms with Gasteiger partial charge in [-0.15, -0.1) is 0 Å². The van der Waals surface area contributed by atoms with Gasteiger partial charge in [-0.05, 0) is 30.7 Å². The van der Waals surface area contributed by atoms with Crippen LogP contribution in [-0.4, -0.2) is 64.9 Å². The number of amides is 3. The topological polar surface area (TPSA) is 142 Å². The first-order valence-corrected chi connectivity index (χ1v) is 10.6. The number of aliphatic carboxylic acids is 1. The summed E-state index contributed by atoms with van der Waals surface area (Å²) >= 11 is 0. The average Bonchev–Trinajstić information content (AvgIpc) is 3.22. The van der Waals surface area contributed by atoms with Crippen LogP contribution >= 0.6 is 0 Å². The molecule has 3 atom stereocenters. The first-order valence-electron chi connectivity index (χ1n) is 10.6. The predicted molar refractivity (Wildman–Crippen MR) is 115 cm³/mol. The highest BCUT2D eigenvalue weighted by molar-refractivity contribution is 5.94. The van der Waals surface area contributed by atoms with Crippen molar-refractivity contribution in [3.63, 3.8) is 0 Å². The number of hydrogen-bond acceptors (Lipinski definition) is 5. The molecule has 0 aromatic heterocycles. The van der Waals surface area contributed by atoms with Crippen molar-refractivity contribution in [1.29, 1.82) is 0 Å². The Morgan fingerprint density at radius 3 is 2.39 bits per heavy atom. The van der Waals surface area contributed by atoms with Gasteiger partial charge in [0.1, 0.15) is 18.1 Å². The van der Waals surface area contributed by atoms with Gasteiger partial charge in [0.15, 0.2) is 0 Å². The molecule has 170 valence electrons. The molecule has 2 rings (SSSR count). The van der Waals surface area contributed by atoms with Crippen LogP contribution in [0.15, 0.2) is 30.3 Å². The minimum Gasteiger partial charge on any atom is -0.480 e. The van der Waals surface area contributed by atoms with Gasteiger partial charge in [0.25, 0.3) is 0 Å². The van der Waals surface area contributed by atoms with E-state index in [1.807, 2.05) is 44.2 Å². The van der Waals surface area contributed by atoms with E-state index in [2.05, 4.69) is 10.6 Å². The maximum atomic E-state index is 13.0. The number of nitrogens with two attached hydrogens (primary N) is 1. The first-order chi connectivity index (χ1) is 14.7. The lowest BCUT2D eigenvalue weighted by atomic mass is 10.0. The fraction of sp³-hybridized carbons (Fsp3) is 0.545. The largest absolute Gasteiger partial charge is 0.480 e. The monoisotopic (exact) mass is 432 g/mol. The molecule has 0 aliphatic carbocycles. The number of carbonyl (C=O) groups is 4. The van der Waals surface area contributed by atoms with Crippen molar-refractivity contribution in [2.45, 2.75) is 57.7 Å². The summed E-state index contributed by atoms with van der Waals surface area (Å²) in [5.74, 6) is -2.38. The molecule has 1 saturated heterocycles. The van der Waals surface area contributed by atoms with Gasteiger partial charge < -0.3 is 26.4 Å². The molecular weight excluding hydrogens is 400 g/mol. The lowest BCUT2D eigenvalue weighted by molar-refractivity contribution is -0.143. The van der Waals surface area contributed by atoms with Crippen molar-refractivity contribution in [2.24, 2.45) is 11.7 Å². The van der Waals surface area contributed by atoms with Crippen LogP contribution in [0.25, 0.3) is 0 Å². The molecule has 1 aliphatic rings. The quantitative estimate of drug-likeness (QED) is 0.418. The number of likely N-dealkylation sites (tertiary alicyclic amines) is 1. The third-order valence-electron chi connectivity index (χ3n) is 5.29. The number of carboxylic acid groups (broad SMARTS) is 1. The van der Waals surface area contributed by atoms with E-state index in [4.69, 9.17) is 5.73 Å². The highest BCUT2D eigenvalue weighted by atomic mass is 16.4. The summed E-state index contributed by atoms with van der Waals surface area (Å²) in [5.41, 5.74) is 6.27. The van der Waals surface area contributed by atoms with Crippen molar-refractivity contribution in [1.82, 2.24) is 15.5 Å². The SMILES string of the molecule is CC(C)C[C@H](NC(=O)[C@H](Cc1ccccc1)NC(=O)[C@@H]1CCCN1C(=O)CN)C(=O)O. The molecule has 9 heteroatoms. The van der Waals surface area contributed by atoms with E-state index >= 15 is 0 Å². The molecule has 0 saturated carbocycles. The van der Waals surface area contributed by atoms with Crippen molar-refractivity contribution < 1.29 is 24.3 Å². The minimum atomic E-state index is -1.12. The molecule has 1 fully saturated rings. The van der Waals surface area contributed by atoms with Gasteiger partial charge in [0, 0.05) is 13.0 Å². The summed E-state index contributed by atoms with van der Waals surface area (Å²) in [5, 5.41) is 14.8. The second-order valence-corrected chi connectivity index (χ2v) is 8.23. The zero-order valence-corrected chi connectivity index (χ0v) is 18.0. The molecule has 0 spiro atoms. The number of hydrogen-bond donors (Lipinski definition) is 4. The molecule has 3 amide bonds. The average molecular weight is 433 g/mol. The molecule has 1 heterocycles. The van der Waals surface area contributed by atoms with Gasteiger partial charge >= 0.3 is 5.97 Å². The van der Waals surface area contributed by atoms with Gasteiger partial charge in [0.05, 0.1) is 6.54 Å². The maximum Gasteiger partial charge on any atom is 0.326 e. The Hall–Kier alpha value is -2.94. The maximum absolute atomic E-state index is 13.0. The third kappa shape index (κ3) is 7.06. The lowest BCUT2D eigenvalue weighted by Crippen LogP contribution is -2.56. The van der Waals surface area contributed by atoms with Crippen LogP contribution in [0.1, 0.15) is 38.7 Å². The summed E-state index contributed by atoms with van der Waals surface area (Å²) in [6, 6.07) is 6.43. The van der Waals surface area contributed by atoms with E-state index in [1.54, 1.807) is 0 Å². The smallest absolute Gasteiger partial charge is 0.326 e. The zero-order valence-electron chi connectivity index (χ0n) is 18.0. The number of carboxylic acids is 1. The molecule has 0 bridgehead atoms. The summed E-state index contributed by atoms with van der Waals surface area (Å²) in [4.78, 5) is 51.0. The van der Waals surface area contributed by atoms with Crippen LogP contribution in [0.2, 0.25) is 0 Å². The molecule has 9 nitrogen and oxygen atoms in total. The lowest BCUT2D eigenvalue weighted by Gasteiger charge is -2.27. The van der Waals surface area contributed by atoms with E-state index in [0.717, 1.165) is 5.56 Å². The van der Waals surface area contributed by atoms with Crippen LogP contribution < -0.4 is 16.4 Å². The summed E-state index contributed by atoms with van der Waals surface area (Å²) in [6.45, 7) is 4.00. The second-order valence-electron chi connectivity index (χ2n) is 8.23. The van der Waals surface area contributed by atoms with Crippen LogP contribution in [0.3, 0.4) is 0 Å². The van der Waals surface area contributed by atoms with Crippen molar-refractivity contribution in [3.05, 3.63) is 35.9 Å². The van der Waals surface area contributed by atoms with E-state index in [0.29, 0.717) is 19.4 Å². The summed E-state index contributed by atoms with van der Waals surface area (Å²) in [7, 11) is 0. The molecule has 5 N–H and O–H groups in total. The number of nitrogens with one attached hydrogen (secondary N) is 2. The second kappa shape index (κ2) is 11.5. The van der Waals surface area contributed by atoms with E-state index < -0.39 is 35.9 Å². The Bertz CT molecular complexity index is 783. The van der Waals surface area contributed by atoms with Crippen LogP contribution in [0.4, 0.5) is 0 Å². The van der Waals surface area contributed by atoms with E-state index in [-0.39, 0.29) is 31.2 Å². The Kier molecular flexibility index (Phi) is 8.99. The number of benzene rings is 1. The van der Waals surface area contributed by atoms with Gasteiger partial charge in [-0.1, -0.05) is 44.2 Å². The first kappa shape index (κ1) is 24.3. The normalized spacial score (nSPS) is 17.8. The van der Waals surface area contributed by atoms with E-state index in [1.165, 1.54) is 4.90 Å². The van der Waals surface area contributed by atoms with Gasteiger partial charge in [-0.25, -0.2) is 4.79 Å². The molecule has 0 unspecified atom stereocenters. The van der Waals surface area contributed by atoms with Crippen molar-refractivity contribution >= 4 is 23.7 Å². The fourth-order valence-corrected chi connectivity index (χ4v) is 3.75. The van der Waals surface area contributed by atoms with Crippen LogP contribution in [0, 0.1) is 5.92 Å². The molecule has 1 aromatic carbocycles. The standard InChI is InChI=1S/C22H32N4O5/c1-14(2)11-17(22(30)31)25-20(28)16(12-15-7-4-3-5-8-15)24-21(29)18-9-6-10-26(18)19(27)13-23/h3-5,7-8,14,16-18H,6,9-13,23H2,1-2H3,(H,24,29)(H,25,28)(H,30,31)/t16-,17-,18-/m0/s1. The van der Waals surface area contributed by atoms with Crippen molar-refractivity contribution in [3.8, 4) is 0 Å².